The van der Waals surface area contributed by atoms with Gasteiger partial charge in [-0.25, -0.2) is 4.79 Å². The van der Waals surface area contributed by atoms with Crippen LogP contribution in [0.25, 0.3) is 5.57 Å². The molecule has 0 bridgehead atoms. The number of imidazole rings is 1. The molecule has 3 rings (SSSR count). The van der Waals surface area contributed by atoms with E-state index in [0.29, 0.717) is 5.69 Å². The molecule has 0 spiro atoms. The van der Waals surface area contributed by atoms with Gasteiger partial charge in [0.05, 0.1) is 0 Å². The Bertz CT molecular complexity index is 681. The summed E-state index contributed by atoms with van der Waals surface area (Å²) in [5.74, 6) is -0.0776. The normalized spacial score (nSPS) is 21.2. The SMILES string of the molecule is O=c1[nH]c(O)c(C2=CC=CC=C3C=CC=CC32)[nH]1. The van der Waals surface area contributed by atoms with Crippen LogP contribution in [-0.4, -0.2) is 15.1 Å². The van der Waals surface area contributed by atoms with E-state index in [9.17, 15) is 9.90 Å². The van der Waals surface area contributed by atoms with Gasteiger partial charge in [-0.05, 0) is 11.1 Å². The maximum atomic E-state index is 11.2. The molecule has 0 aliphatic heterocycles. The third kappa shape index (κ3) is 1.68. The zero-order chi connectivity index (χ0) is 12.5. The summed E-state index contributed by atoms with van der Waals surface area (Å²) in [6.45, 7) is 0. The molecule has 1 atom stereocenters. The molecule has 1 unspecified atom stereocenters. The monoisotopic (exact) mass is 240 g/mol. The lowest BCUT2D eigenvalue weighted by molar-refractivity contribution is 0.453. The molecular formula is C14H12N2O2. The Balaban J connectivity index is 2.14. The number of hydrogen-bond donors (Lipinski definition) is 3. The molecule has 0 fully saturated rings. The van der Waals surface area contributed by atoms with Crippen LogP contribution in [0.4, 0.5) is 0 Å². The fraction of sp³-hybridized carbons (Fsp3) is 0.0714. The number of rotatable bonds is 1. The van der Waals surface area contributed by atoms with Crippen LogP contribution in [0.2, 0.25) is 0 Å². The first-order chi connectivity index (χ1) is 8.75. The molecule has 4 heteroatoms. The van der Waals surface area contributed by atoms with E-state index in [1.54, 1.807) is 0 Å². The van der Waals surface area contributed by atoms with Crippen LogP contribution >= 0.6 is 0 Å². The first-order valence-electron chi connectivity index (χ1n) is 5.70. The lowest BCUT2D eigenvalue weighted by Crippen LogP contribution is -2.07. The predicted octanol–water partition coefficient (Wildman–Crippen LogP) is 2.03. The topological polar surface area (TPSA) is 68.9 Å². The minimum atomic E-state index is -0.405. The van der Waals surface area contributed by atoms with Gasteiger partial charge in [0.25, 0.3) is 0 Å². The second kappa shape index (κ2) is 4.07. The summed E-state index contributed by atoms with van der Waals surface area (Å²) in [5.41, 5.74) is 2.03. The molecular weight excluding hydrogens is 228 g/mol. The van der Waals surface area contributed by atoms with E-state index in [-0.39, 0.29) is 11.8 Å². The predicted molar refractivity (Wildman–Crippen MR) is 70.0 cm³/mol. The van der Waals surface area contributed by atoms with Crippen molar-refractivity contribution in [3.8, 4) is 5.88 Å². The van der Waals surface area contributed by atoms with Gasteiger partial charge in [-0.3, -0.25) is 4.98 Å². The third-order valence-electron chi connectivity index (χ3n) is 3.07. The summed E-state index contributed by atoms with van der Waals surface area (Å²) in [7, 11) is 0. The van der Waals surface area contributed by atoms with E-state index in [1.165, 1.54) is 0 Å². The maximum absolute atomic E-state index is 11.2. The Kier molecular flexibility index (Phi) is 2.41. The minimum absolute atomic E-state index is 0.0438. The molecule has 0 saturated carbocycles. The molecule has 1 aromatic heterocycles. The van der Waals surface area contributed by atoms with E-state index in [2.05, 4.69) is 9.97 Å². The summed E-state index contributed by atoms with van der Waals surface area (Å²) in [5, 5.41) is 9.75. The van der Waals surface area contributed by atoms with Crippen LogP contribution in [0, 0.1) is 5.92 Å². The maximum Gasteiger partial charge on any atom is 0.326 e. The van der Waals surface area contributed by atoms with Crippen LogP contribution in [0.15, 0.2) is 59.0 Å². The fourth-order valence-electron chi connectivity index (χ4n) is 2.25. The molecule has 0 aromatic carbocycles. The molecule has 90 valence electrons. The Labute approximate surface area is 103 Å². The van der Waals surface area contributed by atoms with E-state index in [0.717, 1.165) is 11.1 Å². The molecule has 0 amide bonds. The molecule has 1 heterocycles. The average molecular weight is 240 g/mol. The van der Waals surface area contributed by atoms with Gasteiger partial charge in [-0.15, -0.1) is 0 Å². The highest BCUT2D eigenvalue weighted by Gasteiger charge is 2.22. The van der Waals surface area contributed by atoms with Crippen molar-refractivity contribution in [3.05, 3.63) is 70.4 Å². The standard InChI is InChI=1S/C14H12N2O2/c17-13-12(15-14(18)16-13)11-8-4-2-6-9-5-1-3-7-10(9)11/h1-8,10,17H,(H2,15,16,18). The number of H-pyrrole nitrogens is 2. The molecule has 2 aliphatic carbocycles. The zero-order valence-corrected chi connectivity index (χ0v) is 9.55. The highest BCUT2D eigenvalue weighted by Crippen LogP contribution is 2.35. The average Bonchev–Trinajstić information content (AvgIpc) is 2.60. The van der Waals surface area contributed by atoms with Crippen molar-refractivity contribution >= 4 is 5.57 Å². The number of aromatic hydroxyl groups is 1. The molecule has 1 aromatic rings. The lowest BCUT2D eigenvalue weighted by atomic mass is 9.86. The van der Waals surface area contributed by atoms with Gasteiger partial charge < -0.3 is 10.1 Å². The number of allylic oxidation sites excluding steroid dienone is 10. The second-order valence-electron chi connectivity index (χ2n) is 4.20. The largest absolute Gasteiger partial charge is 0.493 e. The number of aromatic nitrogens is 2. The Morgan fingerprint density at radius 2 is 1.89 bits per heavy atom. The van der Waals surface area contributed by atoms with Gasteiger partial charge in [-0.1, -0.05) is 48.6 Å². The first kappa shape index (κ1) is 10.7. The number of hydrogen-bond acceptors (Lipinski definition) is 2. The number of aromatic amines is 2. The molecule has 2 aliphatic rings. The van der Waals surface area contributed by atoms with Gasteiger partial charge in [-0.2, -0.15) is 0 Å². The van der Waals surface area contributed by atoms with E-state index < -0.39 is 5.69 Å². The quantitative estimate of drug-likeness (QED) is 0.703. The van der Waals surface area contributed by atoms with Crippen LogP contribution in [-0.2, 0) is 0 Å². The Hall–Kier alpha value is -2.49. The summed E-state index contributed by atoms with van der Waals surface area (Å²) in [6, 6.07) is 0. The lowest BCUT2D eigenvalue weighted by Gasteiger charge is -2.18. The van der Waals surface area contributed by atoms with Crippen LogP contribution in [0.1, 0.15) is 5.69 Å². The molecule has 0 radical (unpaired) electrons. The van der Waals surface area contributed by atoms with Gasteiger partial charge in [0.15, 0.2) is 0 Å². The summed E-state index contributed by atoms with van der Waals surface area (Å²) >= 11 is 0. The van der Waals surface area contributed by atoms with Gasteiger partial charge in [0.1, 0.15) is 5.69 Å². The van der Waals surface area contributed by atoms with Crippen molar-refractivity contribution in [2.75, 3.05) is 0 Å². The Morgan fingerprint density at radius 1 is 1.06 bits per heavy atom. The molecule has 3 N–H and O–H groups in total. The zero-order valence-electron chi connectivity index (χ0n) is 9.55. The van der Waals surface area contributed by atoms with Crippen molar-refractivity contribution in [1.29, 1.82) is 0 Å². The van der Waals surface area contributed by atoms with Gasteiger partial charge in [0.2, 0.25) is 5.88 Å². The second-order valence-corrected chi connectivity index (χ2v) is 4.20. The molecule has 0 saturated heterocycles. The van der Waals surface area contributed by atoms with Crippen LogP contribution < -0.4 is 5.69 Å². The smallest absolute Gasteiger partial charge is 0.326 e. The first-order valence-corrected chi connectivity index (χ1v) is 5.70. The summed E-state index contributed by atoms with van der Waals surface area (Å²) < 4.78 is 0. The summed E-state index contributed by atoms with van der Waals surface area (Å²) in [6.07, 6.45) is 15.8. The highest BCUT2D eigenvalue weighted by atomic mass is 16.3. The van der Waals surface area contributed by atoms with E-state index >= 15 is 0 Å². The molecule has 4 nitrogen and oxygen atoms in total. The van der Waals surface area contributed by atoms with E-state index in [1.807, 2.05) is 48.6 Å². The minimum Gasteiger partial charge on any atom is -0.493 e. The number of nitrogens with one attached hydrogen (secondary N) is 2. The highest BCUT2D eigenvalue weighted by molar-refractivity contribution is 5.75. The fourth-order valence-corrected chi connectivity index (χ4v) is 2.25. The third-order valence-corrected chi connectivity index (χ3v) is 3.07. The van der Waals surface area contributed by atoms with Crippen molar-refractivity contribution < 1.29 is 5.11 Å². The number of fused-ring (bicyclic) bond motifs is 1. The van der Waals surface area contributed by atoms with E-state index in [4.69, 9.17) is 0 Å². The molecule has 18 heavy (non-hydrogen) atoms. The Morgan fingerprint density at radius 3 is 2.67 bits per heavy atom. The summed E-state index contributed by atoms with van der Waals surface area (Å²) in [4.78, 5) is 16.2. The van der Waals surface area contributed by atoms with Crippen LogP contribution in [0.5, 0.6) is 5.88 Å². The van der Waals surface area contributed by atoms with Gasteiger partial charge >= 0.3 is 5.69 Å². The van der Waals surface area contributed by atoms with Gasteiger partial charge in [0, 0.05) is 5.92 Å². The van der Waals surface area contributed by atoms with Crippen molar-refractivity contribution in [2.45, 2.75) is 0 Å². The van der Waals surface area contributed by atoms with Crippen LogP contribution in [0.3, 0.4) is 0 Å². The van der Waals surface area contributed by atoms with Crippen molar-refractivity contribution in [2.24, 2.45) is 5.92 Å². The van der Waals surface area contributed by atoms with Crippen molar-refractivity contribution in [1.82, 2.24) is 9.97 Å². The van der Waals surface area contributed by atoms with Crippen molar-refractivity contribution in [3.63, 3.8) is 0 Å².